The van der Waals surface area contributed by atoms with Crippen molar-refractivity contribution in [2.75, 3.05) is 19.8 Å². The largest absolute Gasteiger partial charge is 0.381 e. The highest BCUT2D eigenvalue weighted by Crippen LogP contribution is 2.25. The fourth-order valence-electron chi connectivity index (χ4n) is 3.88. The lowest BCUT2D eigenvalue weighted by molar-refractivity contribution is 0.0332. The summed E-state index contributed by atoms with van der Waals surface area (Å²) in [6.07, 6.45) is 5.08. The summed E-state index contributed by atoms with van der Waals surface area (Å²) in [4.78, 5) is 17.4. The lowest BCUT2D eigenvalue weighted by atomic mass is 9.88. The maximum atomic E-state index is 12.9. The number of amides is 1. The van der Waals surface area contributed by atoms with Gasteiger partial charge in [-0.1, -0.05) is 30.3 Å². The van der Waals surface area contributed by atoms with Crippen LogP contribution < -0.4 is 10.6 Å². The number of nitrogens with zero attached hydrogens (tertiary/aromatic N) is 3. The van der Waals surface area contributed by atoms with Gasteiger partial charge >= 0.3 is 0 Å². The van der Waals surface area contributed by atoms with Crippen molar-refractivity contribution in [3.8, 4) is 0 Å². The van der Waals surface area contributed by atoms with Gasteiger partial charge in [-0.2, -0.15) is 5.10 Å². The maximum Gasteiger partial charge on any atom is 0.256 e. The zero-order valence-corrected chi connectivity index (χ0v) is 16.9. The molecule has 2 N–H and O–H groups in total. The second kappa shape index (κ2) is 8.31. The average molecular weight is 393 g/mol. The molecule has 3 aromatic rings. The third-order valence-corrected chi connectivity index (χ3v) is 5.61. The Morgan fingerprint density at radius 1 is 1.24 bits per heavy atom. The maximum absolute atomic E-state index is 12.9. The third-order valence-electron chi connectivity index (χ3n) is 5.61. The van der Waals surface area contributed by atoms with Gasteiger partial charge in [-0.3, -0.25) is 4.79 Å². The summed E-state index contributed by atoms with van der Waals surface area (Å²) in [7, 11) is 0. The van der Waals surface area contributed by atoms with E-state index >= 15 is 0 Å². The molecule has 152 valence electrons. The van der Waals surface area contributed by atoms with Crippen LogP contribution in [0.2, 0.25) is 0 Å². The first kappa shape index (κ1) is 19.5. The van der Waals surface area contributed by atoms with E-state index < -0.39 is 0 Å². The number of carbonyl (C=O) groups is 1. The van der Waals surface area contributed by atoms with Crippen LogP contribution >= 0.6 is 0 Å². The molecule has 29 heavy (non-hydrogen) atoms. The van der Waals surface area contributed by atoms with Crippen molar-refractivity contribution in [1.29, 1.82) is 0 Å². The summed E-state index contributed by atoms with van der Waals surface area (Å²) in [6.45, 7) is 5.95. The number of rotatable bonds is 6. The Morgan fingerprint density at radius 3 is 2.76 bits per heavy atom. The van der Waals surface area contributed by atoms with Crippen LogP contribution in [0.15, 0.2) is 48.8 Å². The normalized spacial score (nSPS) is 17.2. The first-order valence-corrected chi connectivity index (χ1v) is 10.1. The summed E-state index contributed by atoms with van der Waals surface area (Å²) >= 11 is 0. The molecule has 1 atom stereocenters. The number of nitrogens with one attached hydrogen (secondary N) is 2. The van der Waals surface area contributed by atoms with Crippen molar-refractivity contribution in [2.45, 2.75) is 38.3 Å². The van der Waals surface area contributed by atoms with Crippen LogP contribution in [0.4, 0.5) is 0 Å². The summed E-state index contributed by atoms with van der Waals surface area (Å²) in [5.74, 6) is -0.155. The standard InChI is InChI=1S/C22H27N5O2/c1-16-8-11-27-20(25-16)19(14-24-27)21(28)23-15-22(9-12-29-13-10-22)26-17(2)18-6-4-3-5-7-18/h3-8,11,14,17,26H,9-10,12-13,15H2,1-2H3,(H,23,28). The highest BCUT2D eigenvalue weighted by molar-refractivity contribution is 5.99. The lowest BCUT2D eigenvalue weighted by Gasteiger charge is -2.40. The molecule has 0 saturated carbocycles. The molecule has 1 saturated heterocycles. The van der Waals surface area contributed by atoms with E-state index in [-0.39, 0.29) is 17.5 Å². The number of carbonyl (C=O) groups excluding carboxylic acids is 1. The van der Waals surface area contributed by atoms with E-state index in [2.05, 4.69) is 39.8 Å². The second-order valence-electron chi connectivity index (χ2n) is 7.75. The van der Waals surface area contributed by atoms with Gasteiger partial charge in [0.05, 0.1) is 6.20 Å². The molecule has 0 spiro atoms. The molecule has 1 amide bonds. The van der Waals surface area contributed by atoms with E-state index in [1.807, 2.05) is 37.4 Å². The number of benzene rings is 1. The number of hydrogen-bond acceptors (Lipinski definition) is 5. The van der Waals surface area contributed by atoms with E-state index in [0.717, 1.165) is 18.5 Å². The van der Waals surface area contributed by atoms with Crippen LogP contribution in [0, 0.1) is 6.92 Å². The SMILES string of the molecule is Cc1ccn2ncc(C(=O)NCC3(NC(C)c4ccccc4)CCOCC3)c2n1. The number of ether oxygens (including phenoxy) is 1. The van der Waals surface area contributed by atoms with Gasteiger partial charge in [0.25, 0.3) is 5.91 Å². The third kappa shape index (κ3) is 4.31. The van der Waals surface area contributed by atoms with E-state index in [0.29, 0.717) is 31.0 Å². The first-order chi connectivity index (χ1) is 14.1. The minimum Gasteiger partial charge on any atom is -0.381 e. The van der Waals surface area contributed by atoms with E-state index in [9.17, 15) is 4.79 Å². The van der Waals surface area contributed by atoms with Crippen LogP contribution in [-0.2, 0) is 4.74 Å². The zero-order chi connectivity index (χ0) is 20.3. The minimum atomic E-state index is -0.213. The monoisotopic (exact) mass is 393 g/mol. The lowest BCUT2D eigenvalue weighted by Crippen LogP contribution is -2.57. The number of hydrogen-bond donors (Lipinski definition) is 2. The minimum absolute atomic E-state index is 0.155. The molecule has 4 rings (SSSR count). The molecule has 2 aromatic heterocycles. The Hall–Kier alpha value is -2.77. The van der Waals surface area contributed by atoms with Gasteiger partial charge in [0.2, 0.25) is 0 Å². The van der Waals surface area contributed by atoms with E-state index in [4.69, 9.17) is 4.74 Å². The van der Waals surface area contributed by atoms with Crippen molar-refractivity contribution in [3.05, 3.63) is 65.6 Å². The van der Waals surface area contributed by atoms with Gasteiger partial charge < -0.3 is 15.4 Å². The van der Waals surface area contributed by atoms with E-state index in [1.165, 1.54) is 5.56 Å². The second-order valence-corrected chi connectivity index (χ2v) is 7.75. The number of fused-ring (bicyclic) bond motifs is 1. The van der Waals surface area contributed by atoms with Crippen LogP contribution in [0.5, 0.6) is 0 Å². The van der Waals surface area contributed by atoms with Crippen molar-refractivity contribution >= 4 is 11.6 Å². The molecule has 1 fully saturated rings. The van der Waals surface area contributed by atoms with Gasteiger partial charge in [-0.25, -0.2) is 9.50 Å². The van der Waals surface area contributed by atoms with Gasteiger partial charge in [-0.05, 0) is 38.3 Å². The molecule has 0 aliphatic carbocycles. The zero-order valence-electron chi connectivity index (χ0n) is 16.9. The smallest absolute Gasteiger partial charge is 0.256 e. The average Bonchev–Trinajstić information content (AvgIpc) is 3.16. The first-order valence-electron chi connectivity index (χ1n) is 10.1. The molecular weight excluding hydrogens is 366 g/mol. The molecule has 1 aliphatic rings. The molecule has 0 bridgehead atoms. The summed E-state index contributed by atoms with van der Waals surface area (Å²) < 4.78 is 7.21. The van der Waals surface area contributed by atoms with Gasteiger partial charge in [-0.15, -0.1) is 0 Å². The molecular formula is C22H27N5O2. The van der Waals surface area contributed by atoms with Crippen molar-refractivity contribution in [3.63, 3.8) is 0 Å². The molecule has 1 aromatic carbocycles. The Kier molecular flexibility index (Phi) is 5.60. The molecule has 1 unspecified atom stereocenters. The van der Waals surface area contributed by atoms with Gasteiger partial charge in [0.1, 0.15) is 5.56 Å². The van der Waals surface area contributed by atoms with Gasteiger partial charge in [0.15, 0.2) is 5.65 Å². The summed E-state index contributed by atoms with van der Waals surface area (Å²) in [6, 6.07) is 12.4. The Labute approximate surface area is 170 Å². The van der Waals surface area contributed by atoms with Crippen LogP contribution in [0.1, 0.15) is 47.4 Å². The summed E-state index contributed by atoms with van der Waals surface area (Å²) in [5, 5.41) is 11.1. The number of aromatic nitrogens is 3. The molecule has 3 heterocycles. The Bertz CT molecular complexity index is 979. The van der Waals surface area contributed by atoms with Gasteiger partial charge in [0, 0.05) is 43.2 Å². The topological polar surface area (TPSA) is 80.6 Å². The molecule has 7 heteroatoms. The Balaban J connectivity index is 1.49. The quantitative estimate of drug-likeness (QED) is 0.673. The number of aryl methyl sites for hydroxylation is 1. The fourth-order valence-corrected chi connectivity index (χ4v) is 3.88. The molecule has 1 aliphatic heterocycles. The molecule has 0 radical (unpaired) electrons. The predicted molar refractivity (Wildman–Crippen MR) is 111 cm³/mol. The fraction of sp³-hybridized carbons (Fsp3) is 0.409. The highest BCUT2D eigenvalue weighted by Gasteiger charge is 2.34. The molecule has 7 nitrogen and oxygen atoms in total. The highest BCUT2D eigenvalue weighted by atomic mass is 16.5. The van der Waals surface area contributed by atoms with Crippen LogP contribution in [0.25, 0.3) is 5.65 Å². The van der Waals surface area contributed by atoms with Crippen molar-refractivity contribution < 1.29 is 9.53 Å². The summed E-state index contributed by atoms with van der Waals surface area (Å²) in [5.41, 5.74) is 2.94. The van der Waals surface area contributed by atoms with E-state index in [1.54, 1.807) is 10.7 Å². The Morgan fingerprint density at radius 2 is 2.00 bits per heavy atom. The predicted octanol–water partition coefficient (Wildman–Crippen LogP) is 2.67. The van der Waals surface area contributed by atoms with Crippen LogP contribution in [0.3, 0.4) is 0 Å². The van der Waals surface area contributed by atoms with Crippen molar-refractivity contribution in [2.24, 2.45) is 0 Å². The van der Waals surface area contributed by atoms with Crippen LogP contribution in [-0.4, -0.2) is 45.8 Å². The van der Waals surface area contributed by atoms with Crippen molar-refractivity contribution in [1.82, 2.24) is 25.2 Å².